The number of benzene rings is 4. The van der Waals surface area contributed by atoms with Crippen molar-refractivity contribution in [2.45, 2.75) is 0 Å². The monoisotopic (exact) mass is 612 g/mol. The van der Waals surface area contributed by atoms with Gasteiger partial charge in [-0.1, -0.05) is 73.3 Å². The predicted molar refractivity (Wildman–Crippen MR) is 191 cm³/mol. The molecule has 0 N–H and O–H groups in total. The van der Waals surface area contributed by atoms with E-state index in [1.807, 2.05) is 43.0 Å². The molecule has 8 rings (SSSR count). The standard InChI is InChI=1S/C42H24N6/c1-44-40-21-30(14-16-48-40)32-18-33(25-46-24-32)41-36-9-5-6-10-37(36)42(39-20-28(11-12-38(39)41)27-7-3-2-4-8-27)34-17-31(23-45-26-34)29-13-15-47-35(19-29)22-43/h2-21,23-26H. The lowest BCUT2D eigenvalue weighted by Gasteiger charge is -2.19. The fraction of sp³-hybridized carbons (Fsp3) is 0. The first-order valence-corrected chi connectivity index (χ1v) is 15.4. The number of nitrogens with zero attached hydrogens (tertiary/aromatic N) is 6. The van der Waals surface area contributed by atoms with Crippen molar-refractivity contribution in [2.75, 3.05) is 0 Å². The van der Waals surface area contributed by atoms with Gasteiger partial charge in [0.25, 0.3) is 5.82 Å². The molecule has 4 aromatic heterocycles. The van der Waals surface area contributed by atoms with Crippen molar-refractivity contribution in [3.63, 3.8) is 0 Å². The van der Waals surface area contributed by atoms with Gasteiger partial charge in [0, 0.05) is 47.7 Å². The third-order valence-corrected chi connectivity index (χ3v) is 8.59. The topological polar surface area (TPSA) is 79.7 Å². The van der Waals surface area contributed by atoms with Gasteiger partial charge < -0.3 is 4.85 Å². The molecule has 0 unspecified atom stereocenters. The Morgan fingerprint density at radius 3 is 1.71 bits per heavy atom. The number of hydrogen-bond acceptors (Lipinski definition) is 5. The van der Waals surface area contributed by atoms with Crippen LogP contribution in [0.15, 0.2) is 146 Å². The summed E-state index contributed by atoms with van der Waals surface area (Å²) >= 11 is 0. The quantitative estimate of drug-likeness (QED) is 0.143. The van der Waals surface area contributed by atoms with Crippen LogP contribution in [0.5, 0.6) is 0 Å². The Morgan fingerprint density at radius 2 is 1.04 bits per heavy atom. The Hall–Kier alpha value is -7.02. The Bertz CT molecular complexity index is 2600. The van der Waals surface area contributed by atoms with Gasteiger partial charge in [-0.05, 0) is 103 Å². The molecular formula is C42H24N6. The highest BCUT2D eigenvalue weighted by atomic mass is 14.8. The minimum absolute atomic E-state index is 0.345. The van der Waals surface area contributed by atoms with Gasteiger partial charge in [-0.15, -0.1) is 4.98 Å². The molecule has 4 heterocycles. The third kappa shape index (κ3) is 5.10. The zero-order valence-corrected chi connectivity index (χ0v) is 25.5. The predicted octanol–water partition coefficient (Wildman–Crippen LogP) is 10.3. The Balaban J connectivity index is 1.42. The molecular weight excluding hydrogens is 589 g/mol. The zero-order chi connectivity index (χ0) is 32.5. The van der Waals surface area contributed by atoms with Crippen LogP contribution >= 0.6 is 0 Å². The number of pyridine rings is 4. The second-order valence-corrected chi connectivity index (χ2v) is 11.4. The first-order valence-electron chi connectivity index (χ1n) is 15.4. The molecule has 0 spiro atoms. The number of rotatable bonds is 5. The first-order chi connectivity index (χ1) is 23.7. The Kier molecular flexibility index (Phi) is 7.15. The summed E-state index contributed by atoms with van der Waals surface area (Å²) in [5, 5.41) is 13.8. The lowest BCUT2D eigenvalue weighted by atomic mass is 9.85. The minimum Gasteiger partial charge on any atom is -0.361 e. The van der Waals surface area contributed by atoms with Crippen LogP contribution in [0.3, 0.4) is 0 Å². The van der Waals surface area contributed by atoms with Crippen molar-refractivity contribution >= 4 is 27.4 Å². The summed E-state index contributed by atoms with van der Waals surface area (Å²) in [5.41, 5.74) is 10.3. The van der Waals surface area contributed by atoms with Crippen molar-refractivity contribution in [3.05, 3.63) is 163 Å². The van der Waals surface area contributed by atoms with Crippen LogP contribution in [0, 0.1) is 17.9 Å². The molecule has 0 amide bonds. The largest absolute Gasteiger partial charge is 0.361 e. The van der Waals surface area contributed by atoms with Crippen molar-refractivity contribution in [1.82, 2.24) is 19.9 Å². The normalized spacial score (nSPS) is 10.9. The van der Waals surface area contributed by atoms with Gasteiger partial charge >= 0.3 is 0 Å². The van der Waals surface area contributed by atoms with Gasteiger partial charge in [-0.3, -0.25) is 9.97 Å². The summed E-state index contributed by atoms with van der Waals surface area (Å²) in [6, 6.07) is 39.3. The maximum Gasteiger partial charge on any atom is 0.270 e. The smallest absolute Gasteiger partial charge is 0.270 e. The Labute approximate surface area is 277 Å². The van der Waals surface area contributed by atoms with Crippen molar-refractivity contribution in [3.8, 4) is 61.7 Å². The number of hydrogen-bond donors (Lipinski definition) is 0. The molecule has 6 heteroatoms. The fourth-order valence-corrected chi connectivity index (χ4v) is 6.41. The molecule has 4 aromatic carbocycles. The van der Waals surface area contributed by atoms with Crippen LogP contribution in [0.25, 0.3) is 82.0 Å². The van der Waals surface area contributed by atoms with Gasteiger partial charge in [-0.2, -0.15) is 5.26 Å². The van der Waals surface area contributed by atoms with Gasteiger partial charge in [0.15, 0.2) is 0 Å². The first kappa shape index (κ1) is 28.5. The van der Waals surface area contributed by atoms with E-state index in [4.69, 9.17) is 6.57 Å². The second-order valence-electron chi connectivity index (χ2n) is 11.4. The molecule has 222 valence electrons. The SMILES string of the molecule is [C-]#[N+]c1cc(-c2cncc(-c3c4ccccc4c(-c4cncc(-c5ccnc(C#N)c5)c4)c4cc(-c5ccccc5)ccc34)c2)ccn1. The number of fused-ring (bicyclic) bond motifs is 2. The minimum atomic E-state index is 0.345. The average molecular weight is 613 g/mol. The van der Waals surface area contributed by atoms with E-state index in [2.05, 4.69) is 110 Å². The molecule has 0 bridgehead atoms. The lowest BCUT2D eigenvalue weighted by Crippen LogP contribution is -1.94. The van der Waals surface area contributed by atoms with E-state index in [0.717, 1.165) is 77.2 Å². The molecule has 0 atom stereocenters. The van der Waals surface area contributed by atoms with E-state index in [9.17, 15) is 5.26 Å². The summed E-state index contributed by atoms with van der Waals surface area (Å²) in [6.07, 6.45) is 10.8. The van der Waals surface area contributed by atoms with Gasteiger partial charge in [-0.25, -0.2) is 4.98 Å². The molecule has 0 saturated heterocycles. The van der Waals surface area contributed by atoms with E-state index in [-0.39, 0.29) is 0 Å². The fourth-order valence-electron chi connectivity index (χ4n) is 6.41. The summed E-state index contributed by atoms with van der Waals surface area (Å²) < 4.78 is 0. The average Bonchev–Trinajstić information content (AvgIpc) is 3.17. The van der Waals surface area contributed by atoms with Crippen molar-refractivity contribution in [2.24, 2.45) is 0 Å². The molecule has 0 fully saturated rings. The summed E-state index contributed by atoms with van der Waals surface area (Å²) in [6.45, 7) is 7.44. The molecule has 0 aliphatic rings. The molecule has 0 aliphatic heterocycles. The number of aromatic nitrogens is 4. The molecule has 0 radical (unpaired) electrons. The van der Waals surface area contributed by atoms with Crippen molar-refractivity contribution < 1.29 is 0 Å². The molecule has 8 aromatic rings. The molecule has 0 aliphatic carbocycles. The van der Waals surface area contributed by atoms with E-state index in [1.54, 1.807) is 24.5 Å². The van der Waals surface area contributed by atoms with Crippen LogP contribution in [-0.4, -0.2) is 19.9 Å². The highest BCUT2D eigenvalue weighted by Gasteiger charge is 2.19. The summed E-state index contributed by atoms with van der Waals surface area (Å²) in [7, 11) is 0. The number of nitriles is 1. The van der Waals surface area contributed by atoms with Gasteiger partial charge in [0.1, 0.15) is 18.0 Å². The molecule has 48 heavy (non-hydrogen) atoms. The second kappa shape index (κ2) is 12.1. The lowest BCUT2D eigenvalue weighted by molar-refractivity contribution is 1.26. The maximum absolute atomic E-state index is 9.48. The summed E-state index contributed by atoms with van der Waals surface area (Å²) in [4.78, 5) is 21.2. The van der Waals surface area contributed by atoms with Crippen molar-refractivity contribution in [1.29, 1.82) is 5.26 Å². The van der Waals surface area contributed by atoms with Crippen LogP contribution < -0.4 is 0 Å². The van der Waals surface area contributed by atoms with Crippen LogP contribution in [-0.2, 0) is 0 Å². The van der Waals surface area contributed by atoms with E-state index < -0.39 is 0 Å². The zero-order valence-electron chi connectivity index (χ0n) is 25.5. The summed E-state index contributed by atoms with van der Waals surface area (Å²) in [5.74, 6) is 0.345. The van der Waals surface area contributed by atoms with Gasteiger partial charge in [0.2, 0.25) is 0 Å². The third-order valence-electron chi connectivity index (χ3n) is 8.59. The van der Waals surface area contributed by atoms with E-state index >= 15 is 0 Å². The highest BCUT2D eigenvalue weighted by molar-refractivity contribution is 6.22. The van der Waals surface area contributed by atoms with Gasteiger partial charge in [0.05, 0.1) is 0 Å². The highest BCUT2D eigenvalue weighted by Crippen LogP contribution is 2.45. The molecule has 0 saturated carbocycles. The van der Waals surface area contributed by atoms with Crippen LogP contribution in [0.1, 0.15) is 5.69 Å². The van der Waals surface area contributed by atoms with E-state index in [1.165, 1.54) is 0 Å². The van der Waals surface area contributed by atoms with Crippen LogP contribution in [0.4, 0.5) is 5.82 Å². The maximum atomic E-state index is 9.48. The molecule has 6 nitrogen and oxygen atoms in total. The Morgan fingerprint density at radius 1 is 0.479 bits per heavy atom. The van der Waals surface area contributed by atoms with E-state index in [0.29, 0.717) is 11.5 Å². The van der Waals surface area contributed by atoms with Crippen LogP contribution in [0.2, 0.25) is 0 Å².